The Morgan fingerprint density at radius 1 is 1.32 bits per heavy atom. The summed E-state index contributed by atoms with van der Waals surface area (Å²) in [6.07, 6.45) is 3.16. The van der Waals surface area contributed by atoms with Crippen molar-refractivity contribution in [3.8, 4) is 0 Å². The highest BCUT2D eigenvalue weighted by atomic mass is 16.2. The van der Waals surface area contributed by atoms with E-state index in [2.05, 4.69) is 36.3 Å². The van der Waals surface area contributed by atoms with E-state index in [0.717, 1.165) is 17.7 Å². The van der Waals surface area contributed by atoms with Crippen LogP contribution in [0.25, 0.3) is 0 Å². The van der Waals surface area contributed by atoms with Crippen molar-refractivity contribution in [3.05, 3.63) is 0 Å². The highest BCUT2D eigenvalue weighted by Crippen LogP contribution is 2.36. The first-order valence-electron chi connectivity index (χ1n) is 9.23. The van der Waals surface area contributed by atoms with Crippen molar-refractivity contribution in [2.45, 2.75) is 58.0 Å². The Kier molecular flexibility index (Phi) is 6.08. The molecule has 0 aromatic heterocycles. The van der Waals surface area contributed by atoms with Gasteiger partial charge in [0.15, 0.2) is 0 Å². The van der Waals surface area contributed by atoms with Crippen molar-refractivity contribution in [2.24, 2.45) is 11.8 Å². The third-order valence-corrected chi connectivity index (χ3v) is 5.62. The van der Waals surface area contributed by atoms with Gasteiger partial charge in [0.2, 0.25) is 5.91 Å². The van der Waals surface area contributed by atoms with Gasteiger partial charge in [-0.2, -0.15) is 0 Å². The number of urea groups is 1. The summed E-state index contributed by atoms with van der Waals surface area (Å²) in [4.78, 5) is 40.4. The maximum Gasteiger partial charge on any atom is 0.325 e. The first kappa shape index (κ1) is 19.7. The zero-order chi connectivity index (χ0) is 18.8. The van der Waals surface area contributed by atoms with Crippen molar-refractivity contribution >= 4 is 17.8 Å². The van der Waals surface area contributed by atoms with E-state index in [0.29, 0.717) is 31.2 Å². The number of hydrogen-bond acceptors (Lipinski definition) is 4. The van der Waals surface area contributed by atoms with Crippen molar-refractivity contribution in [2.75, 3.05) is 27.2 Å². The van der Waals surface area contributed by atoms with Crippen molar-refractivity contribution in [3.63, 3.8) is 0 Å². The monoisotopic (exact) mass is 352 g/mol. The van der Waals surface area contributed by atoms with Gasteiger partial charge in [0, 0.05) is 12.6 Å². The maximum absolute atomic E-state index is 12.7. The van der Waals surface area contributed by atoms with E-state index in [4.69, 9.17) is 0 Å². The first-order valence-corrected chi connectivity index (χ1v) is 9.23. The van der Waals surface area contributed by atoms with E-state index in [1.165, 1.54) is 0 Å². The second-order valence-corrected chi connectivity index (χ2v) is 8.17. The van der Waals surface area contributed by atoms with E-state index in [9.17, 15) is 14.4 Å². The third-order valence-electron chi connectivity index (χ3n) is 5.62. The molecule has 142 valence electrons. The van der Waals surface area contributed by atoms with Crippen molar-refractivity contribution in [1.82, 2.24) is 20.4 Å². The average Bonchev–Trinajstić information content (AvgIpc) is 2.74. The predicted octanol–water partition coefficient (Wildman–Crippen LogP) is 1.19. The van der Waals surface area contributed by atoms with Crippen LogP contribution in [-0.2, 0) is 9.59 Å². The van der Waals surface area contributed by atoms with E-state index in [1.54, 1.807) is 0 Å². The standard InChI is InChI=1S/C18H32N4O3/c1-12(2)14(21(4)5)10-19-15(23)11-22-16(24)18(20-17(22)25)8-6-13(3)7-9-18/h12-14H,6-11H2,1-5H3,(H,19,23)(H,20,25)/t13?,14-,18?/m1/s1. The first-order chi connectivity index (χ1) is 11.7. The Hall–Kier alpha value is -1.63. The number of carbonyl (C=O) groups is 3. The molecule has 0 aromatic carbocycles. The molecule has 1 saturated heterocycles. The third kappa shape index (κ3) is 4.32. The molecule has 0 bridgehead atoms. The second-order valence-electron chi connectivity index (χ2n) is 8.17. The lowest BCUT2D eigenvalue weighted by molar-refractivity contribution is -0.136. The summed E-state index contributed by atoms with van der Waals surface area (Å²) >= 11 is 0. The van der Waals surface area contributed by atoms with E-state index >= 15 is 0 Å². The Balaban J connectivity index is 1.92. The lowest BCUT2D eigenvalue weighted by Crippen LogP contribution is -2.50. The minimum atomic E-state index is -0.784. The molecule has 2 aliphatic rings. The van der Waals surface area contributed by atoms with Crippen LogP contribution in [-0.4, -0.2) is 66.4 Å². The Bertz CT molecular complexity index is 516. The minimum Gasteiger partial charge on any atom is -0.353 e. The van der Waals surface area contributed by atoms with Gasteiger partial charge in [-0.05, 0) is 51.6 Å². The topological polar surface area (TPSA) is 81.8 Å². The Morgan fingerprint density at radius 3 is 2.44 bits per heavy atom. The van der Waals surface area contributed by atoms with Gasteiger partial charge < -0.3 is 15.5 Å². The fraction of sp³-hybridized carbons (Fsp3) is 0.833. The molecule has 2 N–H and O–H groups in total. The zero-order valence-corrected chi connectivity index (χ0v) is 16.1. The van der Waals surface area contributed by atoms with Crippen LogP contribution in [0.1, 0.15) is 46.5 Å². The van der Waals surface area contributed by atoms with Gasteiger partial charge in [-0.25, -0.2) is 4.79 Å². The Morgan fingerprint density at radius 2 is 1.92 bits per heavy atom. The molecule has 0 aromatic rings. The molecule has 1 spiro atoms. The molecule has 1 saturated carbocycles. The lowest BCUT2D eigenvalue weighted by atomic mass is 9.77. The number of imide groups is 1. The summed E-state index contributed by atoms with van der Waals surface area (Å²) in [7, 11) is 3.95. The number of carbonyl (C=O) groups excluding carboxylic acids is 3. The quantitative estimate of drug-likeness (QED) is 0.704. The summed E-state index contributed by atoms with van der Waals surface area (Å²) in [5.74, 6) is 0.427. The van der Waals surface area contributed by atoms with Crippen LogP contribution in [0.15, 0.2) is 0 Å². The summed E-state index contributed by atoms with van der Waals surface area (Å²) in [5, 5.41) is 5.70. The molecule has 1 aliphatic carbocycles. The van der Waals surface area contributed by atoms with Gasteiger partial charge in [0.25, 0.3) is 5.91 Å². The number of rotatable bonds is 6. The van der Waals surface area contributed by atoms with Crippen LogP contribution in [0.3, 0.4) is 0 Å². The molecular formula is C18H32N4O3. The van der Waals surface area contributed by atoms with Gasteiger partial charge in [-0.15, -0.1) is 0 Å². The number of hydrogen-bond donors (Lipinski definition) is 2. The molecule has 1 heterocycles. The maximum atomic E-state index is 12.7. The summed E-state index contributed by atoms with van der Waals surface area (Å²) in [6.45, 7) is 6.65. The molecule has 2 fully saturated rings. The van der Waals surface area contributed by atoms with Gasteiger partial charge >= 0.3 is 6.03 Å². The van der Waals surface area contributed by atoms with Crippen LogP contribution in [0.2, 0.25) is 0 Å². The van der Waals surface area contributed by atoms with Crippen LogP contribution in [0.4, 0.5) is 4.79 Å². The SMILES string of the molecule is CC1CCC2(CC1)NC(=O)N(CC(=O)NC[C@H](C(C)C)N(C)C)C2=O. The smallest absolute Gasteiger partial charge is 0.325 e. The summed E-state index contributed by atoms with van der Waals surface area (Å²) in [6, 6.07) is -0.235. The highest BCUT2D eigenvalue weighted by Gasteiger charge is 2.52. The molecule has 7 heteroatoms. The number of amides is 4. The number of nitrogens with one attached hydrogen (secondary N) is 2. The number of nitrogens with zero attached hydrogens (tertiary/aromatic N) is 2. The molecule has 25 heavy (non-hydrogen) atoms. The van der Waals surface area contributed by atoms with Gasteiger partial charge in [-0.1, -0.05) is 20.8 Å². The largest absolute Gasteiger partial charge is 0.353 e. The fourth-order valence-electron chi connectivity index (χ4n) is 3.85. The molecule has 2 rings (SSSR count). The summed E-state index contributed by atoms with van der Waals surface area (Å²) in [5.41, 5.74) is -0.784. The molecule has 1 aliphatic heterocycles. The highest BCUT2D eigenvalue weighted by molar-refractivity contribution is 6.09. The van der Waals surface area contributed by atoms with Crippen LogP contribution < -0.4 is 10.6 Å². The molecule has 1 atom stereocenters. The predicted molar refractivity (Wildman–Crippen MR) is 95.9 cm³/mol. The normalized spacial score (nSPS) is 28.0. The molecule has 4 amide bonds. The van der Waals surface area contributed by atoms with Crippen molar-refractivity contribution in [1.29, 1.82) is 0 Å². The number of likely N-dealkylation sites (N-methyl/N-ethyl adjacent to an activating group) is 1. The van der Waals surface area contributed by atoms with Crippen molar-refractivity contribution < 1.29 is 14.4 Å². The van der Waals surface area contributed by atoms with Gasteiger partial charge in [0.05, 0.1) is 0 Å². The van der Waals surface area contributed by atoms with Gasteiger partial charge in [-0.3, -0.25) is 14.5 Å². The average molecular weight is 352 g/mol. The lowest BCUT2D eigenvalue weighted by Gasteiger charge is -2.33. The molecule has 0 unspecified atom stereocenters. The van der Waals surface area contributed by atoms with Crippen LogP contribution in [0, 0.1) is 11.8 Å². The molecule has 0 radical (unpaired) electrons. The van der Waals surface area contributed by atoms with Crippen LogP contribution in [0.5, 0.6) is 0 Å². The second kappa shape index (κ2) is 7.72. The molecular weight excluding hydrogens is 320 g/mol. The van der Waals surface area contributed by atoms with Gasteiger partial charge in [0.1, 0.15) is 12.1 Å². The van der Waals surface area contributed by atoms with Crippen LogP contribution >= 0.6 is 0 Å². The minimum absolute atomic E-state index is 0.207. The molecule has 7 nitrogen and oxygen atoms in total. The van der Waals surface area contributed by atoms with E-state index in [-0.39, 0.29) is 24.4 Å². The van der Waals surface area contributed by atoms with E-state index in [1.807, 2.05) is 14.1 Å². The summed E-state index contributed by atoms with van der Waals surface area (Å²) < 4.78 is 0. The Labute approximate surface area is 150 Å². The zero-order valence-electron chi connectivity index (χ0n) is 16.1. The van der Waals surface area contributed by atoms with E-state index < -0.39 is 11.6 Å². The fourth-order valence-corrected chi connectivity index (χ4v) is 3.85.